The lowest BCUT2D eigenvalue weighted by Crippen LogP contribution is -2.27. The van der Waals surface area contributed by atoms with Gasteiger partial charge in [-0.25, -0.2) is 9.78 Å². The van der Waals surface area contributed by atoms with Gasteiger partial charge in [0.25, 0.3) is 0 Å². The number of guanidine groups is 1. The fourth-order valence-corrected chi connectivity index (χ4v) is 2.73. The van der Waals surface area contributed by atoms with E-state index in [1.165, 1.54) is 0 Å². The van der Waals surface area contributed by atoms with Crippen LogP contribution >= 0.6 is 0 Å². The van der Waals surface area contributed by atoms with Gasteiger partial charge in [0.1, 0.15) is 5.69 Å². The van der Waals surface area contributed by atoms with Gasteiger partial charge in [0, 0.05) is 35.4 Å². The van der Waals surface area contributed by atoms with Crippen LogP contribution in [0.3, 0.4) is 0 Å². The number of nitriles is 1. The Balaban J connectivity index is 1.62. The number of ketones is 1. The molecule has 0 spiro atoms. The van der Waals surface area contributed by atoms with E-state index in [0.717, 1.165) is 18.5 Å². The largest absolute Gasteiger partial charge is 0.348 e. The van der Waals surface area contributed by atoms with Crippen LogP contribution in [0.5, 0.6) is 0 Å². The quantitative estimate of drug-likeness (QED) is 0.102. The third-order valence-electron chi connectivity index (χ3n) is 4.15. The van der Waals surface area contributed by atoms with E-state index in [-0.39, 0.29) is 11.5 Å². The monoisotopic (exact) mass is 392 g/mol. The van der Waals surface area contributed by atoms with Crippen LogP contribution < -0.4 is 16.3 Å². The topological polar surface area (TPSA) is 155 Å². The molecule has 0 aliphatic carbocycles. The summed E-state index contributed by atoms with van der Waals surface area (Å²) in [6.07, 6.45) is 6.85. The standard InChI is InChI=1S/C19H20N8O2/c1-12-16(27-19(29)25-12)17(28)13-4-6-14(7-5-13)26-18(23-10-20)22-8-2-3-15-9-21-11-24-15/h4-7,9,11H,2-3,8H2,1H3,(H,21,24)(H2,22,23,26)(H2,25,27,29). The number of imidazole rings is 2. The second-order valence-corrected chi connectivity index (χ2v) is 6.26. The summed E-state index contributed by atoms with van der Waals surface area (Å²) in [5.74, 6) is 0.0391. The summed E-state index contributed by atoms with van der Waals surface area (Å²) in [6.45, 7) is 2.18. The van der Waals surface area contributed by atoms with E-state index < -0.39 is 5.69 Å². The van der Waals surface area contributed by atoms with Crippen molar-refractivity contribution < 1.29 is 4.79 Å². The first-order valence-electron chi connectivity index (χ1n) is 8.94. The second-order valence-electron chi connectivity index (χ2n) is 6.26. The number of aliphatic imine (C=N–C) groups is 1. The molecule has 29 heavy (non-hydrogen) atoms. The van der Waals surface area contributed by atoms with Gasteiger partial charge in [-0.15, -0.1) is 0 Å². The number of rotatable bonds is 7. The molecule has 10 heteroatoms. The Morgan fingerprint density at radius 1 is 1.28 bits per heavy atom. The Morgan fingerprint density at radius 2 is 2.07 bits per heavy atom. The zero-order valence-corrected chi connectivity index (χ0v) is 15.7. The number of hydrogen-bond acceptors (Lipinski definition) is 5. The molecule has 2 aromatic heterocycles. The highest BCUT2D eigenvalue weighted by molar-refractivity contribution is 6.08. The first-order valence-corrected chi connectivity index (χ1v) is 8.94. The van der Waals surface area contributed by atoms with Gasteiger partial charge in [0.15, 0.2) is 6.19 Å². The van der Waals surface area contributed by atoms with Crippen LogP contribution in [0.25, 0.3) is 0 Å². The normalized spacial score (nSPS) is 11.1. The fourth-order valence-electron chi connectivity index (χ4n) is 2.73. The minimum absolute atomic E-state index is 0.237. The first-order chi connectivity index (χ1) is 14.1. The number of nitrogens with zero attached hydrogens (tertiary/aromatic N) is 3. The van der Waals surface area contributed by atoms with Gasteiger partial charge in [-0.3, -0.25) is 15.1 Å². The van der Waals surface area contributed by atoms with Crippen LogP contribution in [0.1, 0.15) is 33.9 Å². The molecular weight excluding hydrogens is 372 g/mol. The summed E-state index contributed by atoms with van der Waals surface area (Å²) in [5, 5.41) is 14.4. The minimum atomic E-state index is -0.417. The van der Waals surface area contributed by atoms with E-state index in [9.17, 15) is 9.59 Å². The fraction of sp³-hybridized carbons (Fsp3) is 0.211. The lowest BCUT2D eigenvalue weighted by molar-refractivity contribution is 0.103. The molecule has 0 saturated carbocycles. The summed E-state index contributed by atoms with van der Waals surface area (Å²) in [6, 6.07) is 6.67. The number of H-pyrrole nitrogens is 3. The van der Waals surface area contributed by atoms with Gasteiger partial charge in [-0.2, -0.15) is 5.26 Å². The number of aromatic nitrogens is 4. The molecule has 0 aliphatic heterocycles. The molecular formula is C19H20N8O2. The maximum Gasteiger partial charge on any atom is 0.323 e. The van der Waals surface area contributed by atoms with Crippen molar-refractivity contribution in [1.82, 2.24) is 25.3 Å². The zero-order valence-electron chi connectivity index (χ0n) is 15.7. The van der Waals surface area contributed by atoms with Gasteiger partial charge in [-0.1, -0.05) is 0 Å². The summed E-state index contributed by atoms with van der Waals surface area (Å²) < 4.78 is 0. The molecule has 0 radical (unpaired) electrons. The summed E-state index contributed by atoms with van der Waals surface area (Å²) in [4.78, 5) is 40.2. The van der Waals surface area contributed by atoms with E-state index >= 15 is 0 Å². The molecule has 148 valence electrons. The van der Waals surface area contributed by atoms with Crippen molar-refractivity contribution in [1.29, 1.82) is 5.26 Å². The molecule has 2 heterocycles. The molecule has 0 amide bonds. The first kappa shape index (κ1) is 19.6. The number of benzene rings is 1. The van der Waals surface area contributed by atoms with Crippen molar-refractivity contribution in [2.45, 2.75) is 19.8 Å². The summed E-state index contributed by atoms with van der Waals surface area (Å²) >= 11 is 0. The molecule has 10 nitrogen and oxygen atoms in total. The highest BCUT2D eigenvalue weighted by atomic mass is 16.1. The molecule has 0 atom stereocenters. The Bertz CT molecular complexity index is 1080. The zero-order chi connectivity index (χ0) is 20.6. The number of aryl methyl sites for hydroxylation is 2. The van der Waals surface area contributed by atoms with E-state index in [1.54, 1.807) is 43.7 Å². The molecule has 0 fully saturated rings. The predicted molar refractivity (Wildman–Crippen MR) is 108 cm³/mol. The number of aromatic amines is 3. The Hall–Kier alpha value is -4.13. The van der Waals surface area contributed by atoms with Crippen molar-refractivity contribution >= 4 is 17.4 Å². The number of carbonyl (C=O) groups excluding carboxylic acids is 1. The molecule has 5 N–H and O–H groups in total. The Labute approximate surface area is 166 Å². The average Bonchev–Trinajstić information content (AvgIpc) is 3.34. The minimum Gasteiger partial charge on any atom is -0.348 e. The molecule has 0 saturated heterocycles. The van der Waals surface area contributed by atoms with Gasteiger partial charge in [0.2, 0.25) is 11.7 Å². The molecule has 0 unspecified atom stereocenters. The van der Waals surface area contributed by atoms with Crippen LogP contribution in [-0.4, -0.2) is 38.2 Å². The average molecular weight is 392 g/mol. The second kappa shape index (κ2) is 9.18. The highest BCUT2D eigenvalue weighted by Crippen LogP contribution is 2.13. The highest BCUT2D eigenvalue weighted by Gasteiger charge is 2.14. The van der Waals surface area contributed by atoms with Crippen LogP contribution in [0.15, 0.2) is 46.6 Å². The van der Waals surface area contributed by atoms with Gasteiger partial charge in [0.05, 0.1) is 6.33 Å². The Kier molecular flexibility index (Phi) is 6.22. The Morgan fingerprint density at radius 3 is 2.69 bits per heavy atom. The van der Waals surface area contributed by atoms with Gasteiger partial charge >= 0.3 is 5.69 Å². The van der Waals surface area contributed by atoms with Crippen molar-refractivity contribution in [3.63, 3.8) is 0 Å². The summed E-state index contributed by atoms with van der Waals surface area (Å²) in [7, 11) is 0. The van der Waals surface area contributed by atoms with Crippen molar-refractivity contribution in [2.75, 3.05) is 11.9 Å². The van der Waals surface area contributed by atoms with Crippen LogP contribution in [0, 0.1) is 18.4 Å². The maximum absolute atomic E-state index is 12.5. The molecule has 3 rings (SSSR count). The number of anilines is 1. The van der Waals surface area contributed by atoms with Crippen LogP contribution in [-0.2, 0) is 6.42 Å². The molecule has 0 bridgehead atoms. The third-order valence-corrected chi connectivity index (χ3v) is 4.15. The number of hydrogen-bond donors (Lipinski definition) is 5. The van der Waals surface area contributed by atoms with E-state index in [2.05, 4.69) is 35.6 Å². The summed E-state index contributed by atoms with van der Waals surface area (Å²) in [5.41, 5.74) is 2.43. The molecule has 1 aromatic carbocycles. The molecule has 0 aliphatic rings. The number of nitrogens with one attached hydrogen (secondary N) is 5. The lowest BCUT2D eigenvalue weighted by Gasteiger charge is -2.09. The van der Waals surface area contributed by atoms with Crippen molar-refractivity contribution in [2.24, 2.45) is 4.99 Å². The van der Waals surface area contributed by atoms with Crippen molar-refractivity contribution in [3.05, 3.63) is 69.9 Å². The SMILES string of the molecule is Cc1[nH]c(=O)[nH]c1C(=O)c1ccc(NC(=NCCCc2cnc[nH]2)NC#N)cc1. The lowest BCUT2D eigenvalue weighted by atomic mass is 10.1. The van der Waals surface area contributed by atoms with E-state index in [4.69, 9.17) is 5.26 Å². The third kappa shape index (κ3) is 5.20. The number of carbonyl (C=O) groups is 1. The van der Waals surface area contributed by atoms with Crippen LogP contribution in [0.2, 0.25) is 0 Å². The van der Waals surface area contributed by atoms with E-state index in [0.29, 0.717) is 29.4 Å². The predicted octanol–water partition coefficient (Wildman–Crippen LogP) is 1.44. The van der Waals surface area contributed by atoms with Crippen LogP contribution in [0.4, 0.5) is 5.69 Å². The van der Waals surface area contributed by atoms with Gasteiger partial charge in [-0.05, 0) is 44.0 Å². The molecule has 3 aromatic rings. The van der Waals surface area contributed by atoms with E-state index in [1.807, 2.05) is 6.19 Å². The van der Waals surface area contributed by atoms with Gasteiger partial charge < -0.3 is 20.3 Å². The maximum atomic E-state index is 12.5. The smallest absolute Gasteiger partial charge is 0.323 e. The van der Waals surface area contributed by atoms with Crippen molar-refractivity contribution in [3.8, 4) is 6.19 Å².